The summed E-state index contributed by atoms with van der Waals surface area (Å²) < 4.78 is 22.5. The first kappa shape index (κ1) is 19.0. The van der Waals surface area contributed by atoms with Crippen molar-refractivity contribution in [3.05, 3.63) is 29.8 Å². The van der Waals surface area contributed by atoms with Gasteiger partial charge in [-0.2, -0.15) is 0 Å². The molecular weight excluding hydrogens is 307 g/mol. The van der Waals surface area contributed by atoms with E-state index in [1.165, 1.54) is 0 Å². The van der Waals surface area contributed by atoms with Crippen molar-refractivity contribution in [1.82, 2.24) is 0 Å². The average Bonchev–Trinajstić information content (AvgIpc) is 2.76. The molecule has 1 heterocycles. The van der Waals surface area contributed by atoms with Gasteiger partial charge in [-0.05, 0) is 38.7 Å². The Morgan fingerprint density at radius 1 is 1.17 bits per heavy atom. The van der Waals surface area contributed by atoms with Gasteiger partial charge in [0.25, 0.3) is 0 Å². The molecule has 1 aliphatic heterocycles. The van der Waals surface area contributed by atoms with Crippen molar-refractivity contribution in [3.8, 4) is 0 Å². The van der Waals surface area contributed by atoms with Crippen LogP contribution in [0.2, 0.25) is 0 Å². The van der Waals surface area contributed by atoms with Crippen LogP contribution in [0.25, 0.3) is 0 Å². The van der Waals surface area contributed by atoms with E-state index in [-0.39, 0.29) is 12.4 Å². The lowest BCUT2D eigenvalue weighted by molar-refractivity contribution is -0.142. The van der Waals surface area contributed by atoms with E-state index in [0.717, 1.165) is 17.4 Å². The van der Waals surface area contributed by atoms with Crippen LogP contribution in [0.4, 0.5) is 0 Å². The zero-order valence-electron chi connectivity index (χ0n) is 15.3. The van der Waals surface area contributed by atoms with Gasteiger partial charge in [0.2, 0.25) is 0 Å². The number of ether oxygens (including phenoxy) is 2. The highest BCUT2D eigenvalue weighted by Gasteiger charge is 2.54. The molecule has 1 atom stereocenters. The molecular formula is C18H27BO5. The van der Waals surface area contributed by atoms with Gasteiger partial charge >= 0.3 is 13.1 Å². The number of benzene rings is 1. The van der Waals surface area contributed by atoms with Gasteiger partial charge in [0, 0.05) is 20.1 Å². The molecule has 0 N–H and O–H groups in total. The van der Waals surface area contributed by atoms with E-state index in [2.05, 4.69) is 6.92 Å². The summed E-state index contributed by atoms with van der Waals surface area (Å²) in [6.45, 7) is 8.96. The van der Waals surface area contributed by atoms with Gasteiger partial charge in [0.05, 0.1) is 24.2 Å². The maximum Gasteiger partial charge on any atom is 0.494 e. The highest BCUT2D eigenvalue weighted by Crippen LogP contribution is 2.39. The summed E-state index contributed by atoms with van der Waals surface area (Å²) in [5.74, 6) is -0.216. The number of hydrogen-bond acceptors (Lipinski definition) is 5. The Hall–Kier alpha value is -1.37. The molecule has 24 heavy (non-hydrogen) atoms. The van der Waals surface area contributed by atoms with Gasteiger partial charge in [-0.3, -0.25) is 4.79 Å². The van der Waals surface area contributed by atoms with Crippen LogP contribution >= 0.6 is 0 Å². The van der Waals surface area contributed by atoms with E-state index < -0.39 is 18.3 Å². The third-order valence-electron chi connectivity index (χ3n) is 4.73. The number of carbonyl (C=O) groups is 1. The lowest BCUT2D eigenvalue weighted by Crippen LogP contribution is -2.45. The third kappa shape index (κ3) is 4.18. The van der Waals surface area contributed by atoms with Crippen molar-refractivity contribution in [2.24, 2.45) is 0 Å². The SMILES string of the molecule is CCOC(=O)Cc1ccc(B2OC(C)(C)C(C)(CCOC)O2)cc1. The molecule has 0 saturated carbocycles. The summed E-state index contributed by atoms with van der Waals surface area (Å²) in [7, 11) is 1.27. The van der Waals surface area contributed by atoms with Crippen molar-refractivity contribution in [2.75, 3.05) is 20.3 Å². The first-order valence-electron chi connectivity index (χ1n) is 8.40. The van der Waals surface area contributed by atoms with Crippen molar-refractivity contribution >= 4 is 18.6 Å². The first-order chi connectivity index (χ1) is 11.3. The minimum Gasteiger partial charge on any atom is -0.466 e. The van der Waals surface area contributed by atoms with Crippen LogP contribution < -0.4 is 5.46 Å². The Bertz CT molecular complexity index is 557. The second-order valence-corrected chi connectivity index (χ2v) is 6.77. The molecule has 0 aliphatic carbocycles. The standard InChI is InChI=1S/C18H27BO5/c1-6-22-16(20)13-14-7-9-15(10-8-14)19-23-17(2,3)18(4,24-19)11-12-21-5/h7-10H,6,11-13H2,1-5H3. The summed E-state index contributed by atoms with van der Waals surface area (Å²) in [6, 6.07) is 7.71. The number of carbonyl (C=O) groups excluding carboxylic acids is 1. The van der Waals surface area contributed by atoms with E-state index in [1.54, 1.807) is 14.0 Å². The number of hydrogen-bond donors (Lipinski definition) is 0. The Morgan fingerprint density at radius 3 is 2.42 bits per heavy atom. The minimum absolute atomic E-state index is 0.216. The van der Waals surface area contributed by atoms with Crippen LogP contribution in [0.3, 0.4) is 0 Å². The quantitative estimate of drug-likeness (QED) is 0.565. The maximum atomic E-state index is 11.5. The molecule has 1 unspecified atom stereocenters. The van der Waals surface area contributed by atoms with E-state index in [1.807, 2.05) is 38.1 Å². The monoisotopic (exact) mass is 334 g/mol. The van der Waals surface area contributed by atoms with Crippen LogP contribution in [0.1, 0.15) is 39.7 Å². The molecule has 1 aromatic carbocycles. The van der Waals surface area contributed by atoms with E-state index in [4.69, 9.17) is 18.8 Å². The molecule has 0 aromatic heterocycles. The van der Waals surface area contributed by atoms with E-state index in [9.17, 15) is 4.79 Å². The summed E-state index contributed by atoms with van der Waals surface area (Å²) in [6.07, 6.45) is 1.03. The minimum atomic E-state index is -0.419. The summed E-state index contributed by atoms with van der Waals surface area (Å²) in [4.78, 5) is 11.5. The molecule has 132 valence electrons. The summed E-state index contributed by atoms with van der Waals surface area (Å²) in [5.41, 5.74) is 1.02. The lowest BCUT2D eigenvalue weighted by atomic mass is 9.78. The average molecular weight is 334 g/mol. The summed E-state index contributed by atoms with van der Waals surface area (Å²) in [5, 5.41) is 0. The Kier molecular flexibility index (Phi) is 6.07. The fraction of sp³-hybridized carbons (Fsp3) is 0.611. The fourth-order valence-electron chi connectivity index (χ4n) is 2.76. The highest BCUT2D eigenvalue weighted by molar-refractivity contribution is 6.62. The van der Waals surface area contributed by atoms with Crippen LogP contribution in [0.15, 0.2) is 24.3 Å². The maximum absolute atomic E-state index is 11.5. The first-order valence-corrected chi connectivity index (χ1v) is 8.40. The normalized spacial score (nSPS) is 22.6. The predicted octanol–water partition coefficient (Wildman–Crippen LogP) is 2.11. The summed E-state index contributed by atoms with van der Waals surface area (Å²) >= 11 is 0. The predicted molar refractivity (Wildman–Crippen MR) is 93.3 cm³/mol. The number of esters is 1. The largest absolute Gasteiger partial charge is 0.494 e. The highest BCUT2D eigenvalue weighted by atomic mass is 16.7. The molecule has 1 aromatic rings. The number of rotatable bonds is 7. The topological polar surface area (TPSA) is 54.0 Å². The number of methoxy groups -OCH3 is 1. The smallest absolute Gasteiger partial charge is 0.466 e. The van der Waals surface area contributed by atoms with Crippen molar-refractivity contribution in [2.45, 2.75) is 51.7 Å². The van der Waals surface area contributed by atoms with Crippen molar-refractivity contribution < 1.29 is 23.6 Å². The zero-order valence-corrected chi connectivity index (χ0v) is 15.3. The molecule has 6 heteroatoms. The van der Waals surface area contributed by atoms with Gasteiger partial charge in [-0.15, -0.1) is 0 Å². The van der Waals surface area contributed by atoms with Gasteiger partial charge in [0.15, 0.2) is 0 Å². The molecule has 0 amide bonds. The van der Waals surface area contributed by atoms with Crippen LogP contribution in [-0.2, 0) is 30.0 Å². The van der Waals surface area contributed by atoms with Gasteiger partial charge < -0.3 is 18.8 Å². The third-order valence-corrected chi connectivity index (χ3v) is 4.73. The van der Waals surface area contributed by atoms with Gasteiger partial charge in [-0.25, -0.2) is 0 Å². The van der Waals surface area contributed by atoms with Crippen LogP contribution in [0.5, 0.6) is 0 Å². The van der Waals surface area contributed by atoms with Crippen LogP contribution in [0, 0.1) is 0 Å². The van der Waals surface area contributed by atoms with Crippen LogP contribution in [-0.4, -0.2) is 44.6 Å². The van der Waals surface area contributed by atoms with Gasteiger partial charge in [0.1, 0.15) is 0 Å². The Morgan fingerprint density at radius 2 is 1.83 bits per heavy atom. The van der Waals surface area contributed by atoms with Crippen molar-refractivity contribution in [3.63, 3.8) is 0 Å². The molecule has 0 radical (unpaired) electrons. The Balaban J connectivity index is 2.06. The molecule has 5 nitrogen and oxygen atoms in total. The molecule has 0 spiro atoms. The second kappa shape index (κ2) is 7.68. The molecule has 1 fully saturated rings. The molecule has 2 rings (SSSR count). The molecule has 1 saturated heterocycles. The molecule has 0 bridgehead atoms. The Labute approximate surface area is 144 Å². The second-order valence-electron chi connectivity index (χ2n) is 6.77. The lowest BCUT2D eigenvalue weighted by Gasteiger charge is -2.36. The van der Waals surface area contributed by atoms with Crippen molar-refractivity contribution in [1.29, 1.82) is 0 Å². The fourth-order valence-corrected chi connectivity index (χ4v) is 2.76. The van der Waals surface area contributed by atoms with Gasteiger partial charge in [-0.1, -0.05) is 24.3 Å². The zero-order chi connectivity index (χ0) is 17.8. The van der Waals surface area contributed by atoms with E-state index >= 15 is 0 Å². The van der Waals surface area contributed by atoms with E-state index in [0.29, 0.717) is 13.2 Å². The molecule has 1 aliphatic rings.